The van der Waals surface area contributed by atoms with E-state index in [4.69, 9.17) is 9.47 Å². The van der Waals surface area contributed by atoms with Crippen LogP contribution in [-0.2, 0) is 13.0 Å². The Kier molecular flexibility index (Phi) is 5.21. The smallest absolute Gasteiger partial charge is 0.257 e. The van der Waals surface area contributed by atoms with E-state index in [0.717, 1.165) is 38.3 Å². The van der Waals surface area contributed by atoms with Crippen LogP contribution in [0.2, 0.25) is 0 Å². The first kappa shape index (κ1) is 17.3. The minimum Gasteiger partial charge on any atom is -0.497 e. The number of aromatic nitrogens is 3. The van der Waals surface area contributed by atoms with Crippen molar-refractivity contribution in [1.82, 2.24) is 19.7 Å². The summed E-state index contributed by atoms with van der Waals surface area (Å²) in [6.07, 6.45) is 3.58. The van der Waals surface area contributed by atoms with Crippen LogP contribution in [0, 0.1) is 5.92 Å². The Balaban J connectivity index is 1.68. The molecule has 3 rings (SSSR count). The normalized spacial score (nSPS) is 16.9. The Morgan fingerprint density at radius 2 is 2.16 bits per heavy atom. The first-order valence-corrected chi connectivity index (χ1v) is 8.54. The molecule has 25 heavy (non-hydrogen) atoms. The fraction of sp³-hybridized carbons (Fsp3) is 0.500. The van der Waals surface area contributed by atoms with Gasteiger partial charge >= 0.3 is 0 Å². The van der Waals surface area contributed by atoms with Crippen LogP contribution < -0.4 is 9.47 Å². The number of rotatable bonds is 6. The molecule has 1 aliphatic rings. The van der Waals surface area contributed by atoms with Gasteiger partial charge in [0.25, 0.3) is 5.91 Å². The maximum atomic E-state index is 12.9. The molecular weight excluding hydrogens is 320 g/mol. The van der Waals surface area contributed by atoms with Gasteiger partial charge in [0, 0.05) is 32.1 Å². The Hall–Kier alpha value is -2.57. The number of aryl methyl sites for hydroxylation is 1. The van der Waals surface area contributed by atoms with Crippen molar-refractivity contribution in [2.45, 2.75) is 26.3 Å². The molecule has 1 saturated heterocycles. The summed E-state index contributed by atoms with van der Waals surface area (Å²) in [4.78, 5) is 14.8. The van der Waals surface area contributed by atoms with E-state index in [2.05, 4.69) is 21.7 Å². The van der Waals surface area contributed by atoms with Crippen LogP contribution in [0.4, 0.5) is 0 Å². The largest absolute Gasteiger partial charge is 0.497 e. The fourth-order valence-electron chi connectivity index (χ4n) is 3.29. The van der Waals surface area contributed by atoms with Crippen molar-refractivity contribution in [3.63, 3.8) is 0 Å². The number of hydrogen-bond donors (Lipinski definition) is 0. The van der Waals surface area contributed by atoms with Gasteiger partial charge in [-0.05, 0) is 31.4 Å². The van der Waals surface area contributed by atoms with Gasteiger partial charge in [-0.2, -0.15) is 0 Å². The summed E-state index contributed by atoms with van der Waals surface area (Å²) in [6, 6.07) is 5.29. The van der Waals surface area contributed by atoms with Crippen LogP contribution in [0.5, 0.6) is 11.5 Å². The SMILES string of the molecule is CCn1cnnc1CC1CCN(C(=O)c2ccc(OC)cc2OC)C1. The third-order valence-corrected chi connectivity index (χ3v) is 4.72. The molecule has 7 nitrogen and oxygen atoms in total. The zero-order valence-corrected chi connectivity index (χ0v) is 14.9. The van der Waals surface area contributed by atoms with Gasteiger partial charge in [0.15, 0.2) is 0 Å². The standard InChI is InChI=1S/C18H24N4O3/c1-4-21-12-19-20-17(21)9-13-7-8-22(11-13)18(23)15-6-5-14(24-2)10-16(15)25-3/h5-6,10,12-13H,4,7-9,11H2,1-3H3. The predicted octanol–water partition coefficient (Wildman–Crippen LogP) is 2.02. The van der Waals surface area contributed by atoms with Gasteiger partial charge in [-0.1, -0.05) is 0 Å². The van der Waals surface area contributed by atoms with Crippen molar-refractivity contribution < 1.29 is 14.3 Å². The van der Waals surface area contributed by atoms with Gasteiger partial charge in [-0.3, -0.25) is 4.79 Å². The van der Waals surface area contributed by atoms with Crippen LogP contribution in [0.15, 0.2) is 24.5 Å². The molecule has 0 saturated carbocycles. The summed E-state index contributed by atoms with van der Waals surface area (Å²) in [5, 5.41) is 8.18. The van der Waals surface area contributed by atoms with Gasteiger partial charge < -0.3 is 18.9 Å². The number of carbonyl (C=O) groups excluding carboxylic acids is 1. The summed E-state index contributed by atoms with van der Waals surface area (Å²) in [6.45, 7) is 4.41. The minimum atomic E-state index is -0.000962. The van der Waals surface area contributed by atoms with Gasteiger partial charge in [0.1, 0.15) is 23.7 Å². The highest BCUT2D eigenvalue weighted by Crippen LogP contribution is 2.28. The molecule has 0 N–H and O–H groups in total. The summed E-state index contributed by atoms with van der Waals surface area (Å²) in [7, 11) is 3.16. The second-order valence-corrected chi connectivity index (χ2v) is 6.21. The van der Waals surface area contributed by atoms with Crippen molar-refractivity contribution in [3.8, 4) is 11.5 Å². The number of hydrogen-bond acceptors (Lipinski definition) is 5. The Bertz CT molecular complexity index is 744. The second kappa shape index (κ2) is 7.55. The summed E-state index contributed by atoms with van der Waals surface area (Å²) < 4.78 is 12.6. The molecule has 0 bridgehead atoms. The summed E-state index contributed by atoms with van der Waals surface area (Å²) in [5.74, 6) is 2.61. The molecule has 1 unspecified atom stereocenters. The van der Waals surface area contributed by atoms with Crippen LogP contribution >= 0.6 is 0 Å². The van der Waals surface area contributed by atoms with E-state index < -0.39 is 0 Å². The summed E-state index contributed by atoms with van der Waals surface area (Å²) in [5.41, 5.74) is 0.570. The van der Waals surface area contributed by atoms with Crippen molar-refractivity contribution >= 4 is 5.91 Å². The van der Waals surface area contributed by atoms with Crippen LogP contribution in [0.25, 0.3) is 0 Å². The lowest BCUT2D eigenvalue weighted by molar-refractivity contribution is 0.0783. The highest BCUT2D eigenvalue weighted by molar-refractivity contribution is 5.97. The van der Waals surface area contributed by atoms with E-state index in [1.54, 1.807) is 38.7 Å². The highest BCUT2D eigenvalue weighted by atomic mass is 16.5. The molecule has 0 aliphatic carbocycles. The third-order valence-electron chi connectivity index (χ3n) is 4.72. The number of carbonyl (C=O) groups is 1. The number of nitrogens with zero attached hydrogens (tertiary/aromatic N) is 4. The first-order valence-electron chi connectivity index (χ1n) is 8.54. The Morgan fingerprint density at radius 1 is 1.32 bits per heavy atom. The molecule has 1 aromatic heterocycles. The van der Waals surface area contributed by atoms with E-state index >= 15 is 0 Å². The van der Waals surface area contributed by atoms with Crippen LogP contribution in [-0.4, -0.2) is 52.9 Å². The zero-order valence-electron chi connectivity index (χ0n) is 14.9. The van der Waals surface area contributed by atoms with Gasteiger partial charge in [0.2, 0.25) is 0 Å². The fourth-order valence-corrected chi connectivity index (χ4v) is 3.29. The van der Waals surface area contributed by atoms with Crippen LogP contribution in [0.3, 0.4) is 0 Å². The number of benzene rings is 1. The molecule has 1 amide bonds. The van der Waals surface area contributed by atoms with E-state index in [1.165, 1.54) is 0 Å². The van der Waals surface area contributed by atoms with E-state index in [-0.39, 0.29) is 5.91 Å². The molecule has 0 radical (unpaired) electrons. The quantitative estimate of drug-likeness (QED) is 0.802. The maximum Gasteiger partial charge on any atom is 0.257 e. The molecule has 1 aliphatic heterocycles. The lowest BCUT2D eigenvalue weighted by Gasteiger charge is -2.18. The predicted molar refractivity (Wildman–Crippen MR) is 93.0 cm³/mol. The maximum absolute atomic E-state index is 12.9. The summed E-state index contributed by atoms with van der Waals surface area (Å²) >= 11 is 0. The second-order valence-electron chi connectivity index (χ2n) is 6.21. The number of methoxy groups -OCH3 is 2. The first-order chi connectivity index (χ1) is 12.2. The molecule has 1 fully saturated rings. The molecular formula is C18H24N4O3. The van der Waals surface area contributed by atoms with E-state index in [1.807, 2.05) is 4.90 Å². The molecule has 2 heterocycles. The van der Waals surface area contributed by atoms with Crippen molar-refractivity contribution in [2.24, 2.45) is 5.92 Å². The lowest BCUT2D eigenvalue weighted by Crippen LogP contribution is -2.29. The lowest BCUT2D eigenvalue weighted by atomic mass is 10.0. The third kappa shape index (κ3) is 3.60. The topological polar surface area (TPSA) is 69.5 Å². The molecule has 7 heteroatoms. The number of amides is 1. The average molecular weight is 344 g/mol. The van der Waals surface area contributed by atoms with Gasteiger partial charge in [0.05, 0.1) is 19.8 Å². The molecule has 1 aromatic carbocycles. The molecule has 1 atom stereocenters. The van der Waals surface area contributed by atoms with E-state index in [9.17, 15) is 4.79 Å². The Morgan fingerprint density at radius 3 is 2.88 bits per heavy atom. The molecule has 0 spiro atoms. The van der Waals surface area contributed by atoms with Gasteiger partial charge in [-0.25, -0.2) is 0 Å². The van der Waals surface area contributed by atoms with Crippen molar-refractivity contribution in [3.05, 3.63) is 35.9 Å². The number of ether oxygens (including phenoxy) is 2. The monoisotopic (exact) mass is 344 g/mol. The minimum absolute atomic E-state index is 0.000962. The highest BCUT2D eigenvalue weighted by Gasteiger charge is 2.29. The molecule has 2 aromatic rings. The van der Waals surface area contributed by atoms with E-state index in [0.29, 0.717) is 23.0 Å². The zero-order chi connectivity index (χ0) is 17.8. The van der Waals surface area contributed by atoms with Crippen molar-refractivity contribution in [2.75, 3.05) is 27.3 Å². The number of likely N-dealkylation sites (tertiary alicyclic amines) is 1. The van der Waals surface area contributed by atoms with Gasteiger partial charge in [-0.15, -0.1) is 10.2 Å². The molecule has 134 valence electrons. The van der Waals surface area contributed by atoms with Crippen molar-refractivity contribution in [1.29, 1.82) is 0 Å². The van der Waals surface area contributed by atoms with Crippen LogP contribution in [0.1, 0.15) is 29.5 Å². The average Bonchev–Trinajstić information content (AvgIpc) is 3.30. The Labute approximate surface area is 147 Å².